The van der Waals surface area contributed by atoms with Crippen LogP contribution in [0.3, 0.4) is 0 Å². The van der Waals surface area contributed by atoms with Crippen LogP contribution in [0.2, 0.25) is 0 Å². The molecule has 8 nitrogen and oxygen atoms in total. The van der Waals surface area contributed by atoms with Gasteiger partial charge in [0.1, 0.15) is 11.5 Å². The number of halogens is 2. The van der Waals surface area contributed by atoms with Crippen molar-refractivity contribution in [1.82, 2.24) is 24.7 Å². The number of alkyl halides is 2. The van der Waals surface area contributed by atoms with Crippen LogP contribution in [0.25, 0.3) is 16.7 Å². The van der Waals surface area contributed by atoms with Crippen molar-refractivity contribution in [3.63, 3.8) is 0 Å². The van der Waals surface area contributed by atoms with Gasteiger partial charge in [0.25, 0.3) is 12.0 Å². The minimum absolute atomic E-state index is 0.295. The van der Waals surface area contributed by atoms with Crippen molar-refractivity contribution >= 4 is 10.9 Å². The van der Waals surface area contributed by atoms with Gasteiger partial charge in [0.05, 0.1) is 25.1 Å². The predicted molar refractivity (Wildman–Crippen MR) is 105 cm³/mol. The lowest BCUT2D eigenvalue weighted by molar-refractivity contribution is 0.145. The summed E-state index contributed by atoms with van der Waals surface area (Å²) in [6.07, 6.45) is 0.694. The van der Waals surface area contributed by atoms with E-state index in [1.807, 2.05) is 0 Å². The lowest BCUT2D eigenvalue weighted by Gasteiger charge is -2.09. The summed E-state index contributed by atoms with van der Waals surface area (Å²) < 4.78 is 37.2. The van der Waals surface area contributed by atoms with Gasteiger partial charge in [0.15, 0.2) is 17.3 Å². The van der Waals surface area contributed by atoms with Crippen LogP contribution in [0.1, 0.15) is 23.5 Å². The number of hydrogen-bond acceptors (Lipinski definition) is 6. The lowest BCUT2D eigenvalue weighted by atomic mass is 10.1. The third-order valence-electron chi connectivity index (χ3n) is 4.51. The number of rotatable bonds is 6. The Hall–Kier alpha value is -3.82. The molecule has 1 aromatic carbocycles. The average Bonchev–Trinajstić information content (AvgIpc) is 3.24. The molecule has 4 rings (SSSR count). The molecule has 10 heteroatoms. The number of pyridine rings is 1. The zero-order valence-electron chi connectivity index (χ0n) is 16.1. The molecule has 0 bridgehead atoms. The maximum Gasteiger partial charge on any atom is 0.282 e. The fraction of sp³-hybridized carbons (Fsp3) is 0.200. The Morgan fingerprint density at radius 1 is 1.13 bits per heavy atom. The number of aromatic amines is 1. The van der Waals surface area contributed by atoms with Gasteiger partial charge >= 0.3 is 0 Å². The van der Waals surface area contributed by atoms with Crippen LogP contribution in [0.15, 0.2) is 47.5 Å². The molecule has 3 heterocycles. The topological polar surface area (TPSA) is 94.9 Å². The summed E-state index contributed by atoms with van der Waals surface area (Å²) in [7, 11) is 3.00. The molecule has 0 saturated carbocycles. The molecule has 154 valence electrons. The number of aromatic nitrogens is 5. The van der Waals surface area contributed by atoms with Gasteiger partial charge in [-0.05, 0) is 23.8 Å². The monoisotopic (exact) mass is 413 g/mol. The predicted octanol–water partition coefficient (Wildman–Crippen LogP) is 3.05. The number of benzene rings is 1. The number of methoxy groups -OCH3 is 2. The van der Waals surface area contributed by atoms with Crippen LogP contribution in [-0.2, 0) is 6.42 Å². The molecule has 0 saturated heterocycles. The summed E-state index contributed by atoms with van der Waals surface area (Å²) in [5.74, 6) is 1.77. The summed E-state index contributed by atoms with van der Waals surface area (Å²) in [6.45, 7) is 0. The van der Waals surface area contributed by atoms with Gasteiger partial charge in [0, 0.05) is 24.9 Å². The molecule has 0 amide bonds. The number of nitrogens with zero attached hydrogens (tertiary/aromatic N) is 4. The van der Waals surface area contributed by atoms with Gasteiger partial charge in [-0.15, -0.1) is 0 Å². The molecule has 0 aliphatic heterocycles. The van der Waals surface area contributed by atoms with E-state index in [4.69, 9.17) is 9.47 Å². The van der Waals surface area contributed by atoms with E-state index in [1.54, 1.807) is 30.5 Å². The molecule has 0 spiro atoms. The fourth-order valence-electron chi connectivity index (χ4n) is 3.03. The van der Waals surface area contributed by atoms with E-state index in [2.05, 4.69) is 20.1 Å². The normalized spacial score (nSPS) is 11.2. The SMILES string of the molecule is COc1cc2nc(Cc3ccc(-n4ccc(C(F)F)n4)nc3)[nH]c(=O)c2cc1OC. The largest absolute Gasteiger partial charge is 0.493 e. The molecule has 0 fully saturated rings. The third kappa shape index (κ3) is 3.71. The lowest BCUT2D eigenvalue weighted by Crippen LogP contribution is -2.13. The van der Waals surface area contributed by atoms with Crippen LogP contribution in [0.5, 0.6) is 11.5 Å². The zero-order valence-corrected chi connectivity index (χ0v) is 16.1. The van der Waals surface area contributed by atoms with Crippen molar-refractivity contribution in [3.05, 3.63) is 70.2 Å². The van der Waals surface area contributed by atoms with Crippen molar-refractivity contribution in [3.8, 4) is 17.3 Å². The maximum absolute atomic E-state index is 12.7. The average molecular weight is 413 g/mol. The Bertz CT molecular complexity index is 1250. The molecule has 3 aromatic heterocycles. The molecule has 0 unspecified atom stereocenters. The van der Waals surface area contributed by atoms with Crippen LogP contribution in [0.4, 0.5) is 8.78 Å². The molecule has 1 N–H and O–H groups in total. The van der Waals surface area contributed by atoms with Crippen molar-refractivity contribution in [2.45, 2.75) is 12.8 Å². The third-order valence-corrected chi connectivity index (χ3v) is 4.51. The van der Waals surface area contributed by atoms with E-state index < -0.39 is 6.43 Å². The number of ether oxygens (including phenoxy) is 2. The summed E-state index contributed by atoms with van der Waals surface area (Å²) >= 11 is 0. The van der Waals surface area contributed by atoms with E-state index in [9.17, 15) is 13.6 Å². The molecule has 0 atom stereocenters. The molecule has 30 heavy (non-hydrogen) atoms. The van der Waals surface area contributed by atoms with Crippen LogP contribution >= 0.6 is 0 Å². The fourth-order valence-corrected chi connectivity index (χ4v) is 3.03. The summed E-state index contributed by atoms with van der Waals surface area (Å²) in [5, 5.41) is 4.18. The zero-order chi connectivity index (χ0) is 21.3. The first kappa shape index (κ1) is 19.5. The van der Waals surface area contributed by atoms with Gasteiger partial charge in [0.2, 0.25) is 0 Å². The van der Waals surface area contributed by atoms with Gasteiger partial charge in [-0.1, -0.05) is 6.07 Å². The van der Waals surface area contributed by atoms with Gasteiger partial charge in [-0.3, -0.25) is 4.79 Å². The van der Waals surface area contributed by atoms with E-state index in [-0.39, 0.29) is 11.3 Å². The first-order valence-electron chi connectivity index (χ1n) is 8.92. The van der Waals surface area contributed by atoms with Crippen molar-refractivity contribution < 1.29 is 18.3 Å². The van der Waals surface area contributed by atoms with Crippen LogP contribution in [-0.4, -0.2) is 39.0 Å². The smallest absolute Gasteiger partial charge is 0.282 e. The van der Waals surface area contributed by atoms with E-state index in [0.717, 1.165) is 5.56 Å². The van der Waals surface area contributed by atoms with Crippen molar-refractivity contribution in [2.75, 3.05) is 14.2 Å². The highest BCUT2D eigenvalue weighted by Gasteiger charge is 2.13. The van der Waals surface area contributed by atoms with Gasteiger partial charge < -0.3 is 14.5 Å². The Kier molecular flexibility index (Phi) is 5.13. The Morgan fingerprint density at radius 3 is 2.53 bits per heavy atom. The van der Waals surface area contributed by atoms with Crippen LogP contribution < -0.4 is 15.0 Å². The van der Waals surface area contributed by atoms with E-state index in [0.29, 0.717) is 40.5 Å². The molecule has 0 aliphatic carbocycles. The number of nitrogens with one attached hydrogen (secondary N) is 1. The Morgan fingerprint density at radius 2 is 1.90 bits per heavy atom. The number of fused-ring (bicyclic) bond motifs is 1. The minimum Gasteiger partial charge on any atom is -0.493 e. The molecular weight excluding hydrogens is 396 g/mol. The molecule has 0 aliphatic rings. The highest BCUT2D eigenvalue weighted by Crippen LogP contribution is 2.30. The van der Waals surface area contributed by atoms with Crippen LogP contribution in [0, 0.1) is 0 Å². The Balaban J connectivity index is 1.61. The van der Waals surface area contributed by atoms with Gasteiger partial charge in [-0.25, -0.2) is 23.4 Å². The summed E-state index contributed by atoms with van der Waals surface area (Å²) in [5.41, 5.74) is 0.650. The minimum atomic E-state index is -2.64. The van der Waals surface area contributed by atoms with E-state index in [1.165, 1.54) is 31.2 Å². The molecule has 4 aromatic rings. The van der Waals surface area contributed by atoms with Crippen molar-refractivity contribution in [2.24, 2.45) is 0 Å². The first-order chi connectivity index (χ1) is 14.5. The second-order valence-corrected chi connectivity index (χ2v) is 6.42. The quantitative estimate of drug-likeness (QED) is 0.522. The molecular formula is C20H17F2N5O3. The highest BCUT2D eigenvalue weighted by atomic mass is 19.3. The van der Waals surface area contributed by atoms with Crippen molar-refractivity contribution in [1.29, 1.82) is 0 Å². The van der Waals surface area contributed by atoms with Gasteiger partial charge in [-0.2, -0.15) is 5.10 Å². The Labute approximate surface area is 169 Å². The standard InChI is InChI=1S/C20H17F2N5O3/c1-29-15-8-12-14(9-16(15)30-2)24-17(25-20(12)28)7-11-3-4-18(23-10-11)27-6-5-13(26-27)19(21)22/h3-6,8-10,19H,7H2,1-2H3,(H,24,25,28). The highest BCUT2D eigenvalue weighted by molar-refractivity contribution is 5.81. The number of hydrogen-bond donors (Lipinski definition) is 1. The second-order valence-electron chi connectivity index (χ2n) is 6.42. The molecule has 0 radical (unpaired) electrons. The maximum atomic E-state index is 12.7. The number of H-pyrrole nitrogens is 1. The summed E-state index contributed by atoms with van der Waals surface area (Å²) in [6, 6.07) is 7.90. The second kappa shape index (κ2) is 7.90. The van der Waals surface area contributed by atoms with E-state index >= 15 is 0 Å². The first-order valence-corrected chi connectivity index (χ1v) is 8.92. The summed E-state index contributed by atoms with van der Waals surface area (Å²) in [4.78, 5) is 24.0.